The number of hydrogen-bond acceptors (Lipinski definition) is 3. The third kappa shape index (κ3) is 5.97. The van der Waals surface area contributed by atoms with Crippen LogP contribution in [0.1, 0.15) is 22.3 Å². The Labute approximate surface area is 195 Å². The second kappa shape index (κ2) is 10.3. The Balaban J connectivity index is 1.84. The highest BCUT2D eigenvalue weighted by atomic mass is 79.9. The number of nitrogens with one attached hydrogen (secondary N) is 1. The molecule has 0 bridgehead atoms. The fraction of sp³-hybridized carbons (Fsp3) is 0.120. The lowest BCUT2D eigenvalue weighted by molar-refractivity contribution is -0.112. The minimum absolute atomic E-state index is 0.0498. The Morgan fingerprint density at radius 3 is 2.61 bits per heavy atom. The molecule has 1 amide bonds. The number of amides is 1. The molecule has 31 heavy (non-hydrogen) atoms. The number of nitrogens with zero attached hydrogens (tertiary/aromatic N) is 1. The van der Waals surface area contributed by atoms with Crippen LogP contribution in [0.4, 0.5) is 5.69 Å². The summed E-state index contributed by atoms with van der Waals surface area (Å²) < 4.78 is 6.89. The van der Waals surface area contributed by atoms with E-state index in [1.807, 2.05) is 56.3 Å². The molecule has 0 atom stereocenters. The second-order valence-electron chi connectivity index (χ2n) is 6.99. The van der Waals surface area contributed by atoms with E-state index in [0.717, 1.165) is 21.2 Å². The predicted molar refractivity (Wildman–Crippen MR) is 128 cm³/mol. The topological polar surface area (TPSA) is 62.1 Å². The smallest absolute Gasteiger partial charge is 0.266 e. The maximum absolute atomic E-state index is 12.7. The van der Waals surface area contributed by atoms with Crippen molar-refractivity contribution < 1.29 is 9.53 Å². The van der Waals surface area contributed by atoms with Gasteiger partial charge in [-0.15, -0.1) is 0 Å². The van der Waals surface area contributed by atoms with Gasteiger partial charge in [-0.05, 0) is 67.4 Å². The first-order chi connectivity index (χ1) is 14.9. The van der Waals surface area contributed by atoms with Gasteiger partial charge in [-0.1, -0.05) is 51.8 Å². The van der Waals surface area contributed by atoms with E-state index in [4.69, 9.17) is 16.3 Å². The van der Waals surface area contributed by atoms with Crippen LogP contribution in [0.5, 0.6) is 5.75 Å². The molecule has 3 aromatic carbocycles. The highest BCUT2D eigenvalue weighted by Gasteiger charge is 2.13. The van der Waals surface area contributed by atoms with E-state index in [1.54, 1.807) is 24.3 Å². The normalized spacial score (nSPS) is 11.0. The molecule has 3 rings (SSSR count). The number of nitriles is 1. The molecule has 0 aliphatic carbocycles. The molecule has 6 heteroatoms. The summed E-state index contributed by atoms with van der Waals surface area (Å²) in [6, 6.07) is 20.4. The van der Waals surface area contributed by atoms with E-state index in [1.165, 1.54) is 6.08 Å². The van der Waals surface area contributed by atoms with E-state index in [-0.39, 0.29) is 5.57 Å². The zero-order valence-electron chi connectivity index (χ0n) is 17.1. The molecule has 0 unspecified atom stereocenters. The van der Waals surface area contributed by atoms with E-state index >= 15 is 0 Å². The molecule has 0 aromatic heterocycles. The van der Waals surface area contributed by atoms with Gasteiger partial charge in [-0.2, -0.15) is 5.26 Å². The van der Waals surface area contributed by atoms with E-state index < -0.39 is 5.91 Å². The van der Waals surface area contributed by atoms with E-state index in [0.29, 0.717) is 28.6 Å². The van der Waals surface area contributed by atoms with Crippen LogP contribution in [0.3, 0.4) is 0 Å². The Bertz CT molecular complexity index is 1200. The van der Waals surface area contributed by atoms with Crippen molar-refractivity contribution >= 4 is 45.2 Å². The largest absolute Gasteiger partial charge is 0.488 e. The molecule has 0 heterocycles. The van der Waals surface area contributed by atoms with Crippen LogP contribution in [-0.4, -0.2) is 5.91 Å². The summed E-state index contributed by atoms with van der Waals surface area (Å²) in [5.74, 6) is 0.0226. The molecule has 0 radical (unpaired) electrons. The van der Waals surface area contributed by atoms with Crippen molar-refractivity contribution in [1.82, 2.24) is 0 Å². The van der Waals surface area contributed by atoms with Gasteiger partial charge in [0.15, 0.2) is 0 Å². The van der Waals surface area contributed by atoms with Crippen LogP contribution >= 0.6 is 27.5 Å². The minimum atomic E-state index is -0.498. The first-order valence-electron chi connectivity index (χ1n) is 9.53. The highest BCUT2D eigenvalue weighted by Crippen LogP contribution is 2.27. The van der Waals surface area contributed by atoms with Gasteiger partial charge in [-0.3, -0.25) is 4.79 Å². The van der Waals surface area contributed by atoms with Crippen molar-refractivity contribution in [2.45, 2.75) is 20.5 Å². The van der Waals surface area contributed by atoms with E-state index in [9.17, 15) is 10.1 Å². The maximum Gasteiger partial charge on any atom is 0.266 e. The number of hydrogen-bond donors (Lipinski definition) is 1. The van der Waals surface area contributed by atoms with Gasteiger partial charge in [0.05, 0.1) is 0 Å². The lowest BCUT2D eigenvalue weighted by atomic mass is 10.1. The van der Waals surface area contributed by atoms with Crippen LogP contribution in [0, 0.1) is 25.2 Å². The number of ether oxygens (including phenoxy) is 1. The number of halogens is 2. The summed E-state index contributed by atoms with van der Waals surface area (Å²) in [6.45, 7) is 4.28. The molecule has 4 nitrogen and oxygen atoms in total. The lowest BCUT2D eigenvalue weighted by Crippen LogP contribution is -2.13. The van der Waals surface area contributed by atoms with Crippen LogP contribution in [-0.2, 0) is 11.4 Å². The standard InChI is InChI=1S/C25H20BrClN2O2/c1-16-7-9-22(11-17(16)2)29-25(30)20(14-28)12-19-13-21(27)8-10-24(19)31-15-18-5-3-4-6-23(18)26/h3-13H,15H2,1-2H3,(H,29,30)/b20-12+. The Kier molecular flexibility index (Phi) is 7.51. The highest BCUT2D eigenvalue weighted by molar-refractivity contribution is 9.10. The zero-order valence-corrected chi connectivity index (χ0v) is 19.4. The SMILES string of the molecule is Cc1ccc(NC(=O)/C(C#N)=C/c2cc(Cl)ccc2OCc2ccccc2Br)cc1C. The molecule has 0 aliphatic heterocycles. The third-order valence-electron chi connectivity index (χ3n) is 4.74. The number of rotatable bonds is 6. The molecule has 156 valence electrons. The molecule has 0 saturated heterocycles. The predicted octanol–water partition coefficient (Wildman–Crippen LogP) is 6.84. The van der Waals surface area contributed by atoms with Crippen molar-refractivity contribution in [1.29, 1.82) is 5.26 Å². The Hall–Kier alpha value is -3.07. The monoisotopic (exact) mass is 494 g/mol. The Morgan fingerprint density at radius 2 is 1.90 bits per heavy atom. The second-order valence-corrected chi connectivity index (χ2v) is 8.28. The average Bonchev–Trinajstić information content (AvgIpc) is 2.75. The van der Waals surface area contributed by atoms with Gasteiger partial charge in [-0.25, -0.2) is 0 Å². The zero-order chi connectivity index (χ0) is 22.4. The molecular weight excluding hydrogens is 476 g/mol. The number of anilines is 1. The van der Waals surface area contributed by atoms with Crippen LogP contribution in [0.15, 0.2) is 70.7 Å². The van der Waals surface area contributed by atoms with Gasteiger partial charge in [0.1, 0.15) is 24.0 Å². The van der Waals surface area contributed by atoms with Gasteiger partial charge >= 0.3 is 0 Å². The minimum Gasteiger partial charge on any atom is -0.488 e. The van der Waals surface area contributed by atoms with Crippen molar-refractivity contribution in [2.75, 3.05) is 5.32 Å². The number of benzene rings is 3. The summed E-state index contributed by atoms with van der Waals surface area (Å²) in [5, 5.41) is 12.8. The van der Waals surface area contributed by atoms with Gasteiger partial charge < -0.3 is 10.1 Å². The first kappa shape index (κ1) is 22.6. The summed E-state index contributed by atoms with van der Waals surface area (Å²) in [7, 11) is 0. The molecule has 0 saturated carbocycles. The molecule has 0 spiro atoms. The van der Waals surface area contributed by atoms with Crippen LogP contribution in [0.25, 0.3) is 6.08 Å². The van der Waals surface area contributed by atoms with Gasteiger partial charge in [0.25, 0.3) is 5.91 Å². The quantitative estimate of drug-likeness (QED) is 0.301. The molecular formula is C25H20BrClN2O2. The Morgan fingerprint density at radius 1 is 1.13 bits per heavy atom. The lowest BCUT2D eigenvalue weighted by Gasteiger charge is -2.12. The van der Waals surface area contributed by atoms with Gasteiger partial charge in [0, 0.05) is 26.3 Å². The van der Waals surface area contributed by atoms with Gasteiger partial charge in [0.2, 0.25) is 0 Å². The van der Waals surface area contributed by atoms with Crippen molar-refractivity contribution in [3.05, 3.63) is 98.0 Å². The summed E-state index contributed by atoms with van der Waals surface area (Å²) >= 11 is 9.65. The molecule has 0 fully saturated rings. The fourth-order valence-electron chi connectivity index (χ4n) is 2.86. The third-order valence-corrected chi connectivity index (χ3v) is 5.75. The molecule has 3 aromatic rings. The molecule has 1 N–H and O–H groups in total. The van der Waals surface area contributed by atoms with Crippen molar-refractivity contribution in [3.63, 3.8) is 0 Å². The van der Waals surface area contributed by atoms with Crippen molar-refractivity contribution in [2.24, 2.45) is 0 Å². The van der Waals surface area contributed by atoms with Crippen LogP contribution < -0.4 is 10.1 Å². The summed E-state index contributed by atoms with van der Waals surface area (Å²) in [6.07, 6.45) is 1.48. The first-order valence-corrected chi connectivity index (χ1v) is 10.7. The summed E-state index contributed by atoms with van der Waals surface area (Å²) in [4.78, 5) is 12.7. The van der Waals surface area contributed by atoms with Crippen LogP contribution in [0.2, 0.25) is 5.02 Å². The molecule has 0 aliphatic rings. The number of carbonyl (C=O) groups excluding carboxylic acids is 1. The average molecular weight is 496 g/mol. The maximum atomic E-state index is 12.7. The van der Waals surface area contributed by atoms with E-state index in [2.05, 4.69) is 21.2 Å². The fourth-order valence-corrected chi connectivity index (χ4v) is 3.44. The number of aryl methyl sites for hydroxylation is 2. The number of carbonyl (C=O) groups is 1. The van der Waals surface area contributed by atoms with Crippen molar-refractivity contribution in [3.8, 4) is 11.8 Å². The summed E-state index contributed by atoms with van der Waals surface area (Å²) in [5.41, 5.74) is 4.28.